The van der Waals surface area contributed by atoms with Crippen LogP contribution in [-0.2, 0) is 11.2 Å². The van der Waals surface area contributed by atoms with Gasteiger partial charge in [-0.3, -0.25) is 0 Å². The highest BCUT2D eigenvalue weighted by molar-refractivity contribution is 5.68. The van der Waals surface area contributed by atoms with Gasteiger partial charge in [-0.2, -0.15) is 0 Å². The lowest BCUT2D eigenvalue weighted by molar-refractivity contribution is 0.111. The second-order valence-electron chi connectivity index (χ2n) is 5.18. The van der Waals surface area contributed by atoms with E-state index >= 15 is 0 Å². The molecule has 124 valence electrons. The monoisotopic (exact) mass is 315 g/mol. The fourth-order valence-electron chi connectivity index (χ4n) is 1.92. The lowest BCUT2D eigenvalue weighted by atomic mass is 10.1. The highest BCUT2D eigenvalue weighted by Crippen LogP contribution is 2.09. The van der Waals surface area contributed by atoms with E-state index < -0.39 is 0 Å². The van der Waals surface area contributed by atoms with Gasteiger partial charge in [0.2, 0.25) is 0 Å². The van der Waals surface area contributed by atoms with Crippen molar-refractivity contribution in [2.75, 3.05) is 25.4 Å². The van der Waals surface area contributed by atoms with Crippen LogP contribution in [0.4, 0.5) is 10.5 Å². The van der Waals surface area contributed by atoms with Gasteiger partial charge in [0.05, 0.1) is 6.61 Å². The van der Waals surface area contributed by atoms with Crippen LogP contribution in [-0.4, -0.2) is 30.7 Å². The van der Waals surface area contributed by atoms with E-state index in [0.717, 1.165) is 16.8 Å². The van der Waals surface area contributed by atoms with Gasteiger partial charge in [-0.1, -0.05) is 31.4 Å². The highest BCUT2D eigenvalue weighted by Gasteiger charge is 2.14. The van der Waals surface area contributed by atoms with E-state index in [2.05, 4.69) is 13.2 Å². The molecule has 0 saturated carbocycles. The predicted octanol–water partition coefficient (Wildman–Crippen LogP) is 2.85. The molecule has 0 aliphatic heterocycles. The van der Waals surface area contributed by atoms with Crippen molar-refractivity contribution in [2.24, 2.45) is 5.73 Å². The third-order valence-corrected chi connectivity index (χ3v) is 3.10. The lowest BCUT2D eigenvalue weighted by Gasteiger charge is -2.22. The van der Waals surface area contributed by atoms with Crippen LogP contribution >= 0.6 is 0 Å². The average molecular weight is 315 g/mol. The van der Waals surface area contributed by atoms with E-state index in [4.69, 9.17) is 16.2 Å². The summed E-state index contributed by atoms with van der Waals surface area (Å²) in [5.74, 6) is 0. The molecule has 0 fully saturated rings. The quantitative estimate of drug-likeness (QED) is 0.571. The molecule has 4 N–H and O–H groups in total. The molecule has 1 aromatic rings. The van der Waals surface area contributed by atoms with Crippen molar-refractivity contribution in [2.45, 2.75) is 13.3 Å². The number of allylic oxidation sites excluding steroid dienone is 1. The molecule has 0 atom stereocenters. The lowest BCUT2D eigenvalue weighted by Crippen LogP contribution is -2.34. The first-order valence-corrected chi connectivity index (χ1v) is 7.48. The van der Waals surface area contributed by atoms with Gasteiger partial charge < -0.3 is 21.1 Å². The number of carbonyl (C=O) groups is 1. The number of hydrogen-bond acceptors (Lipinski definition) is 4. The van der Waals surface area contributed by atoms with Gasteiger partial charge in [-0.05, 0) is 42.7 Å². The zero-order chi connectivity index (χ0) is 17.2. The maximum atomic E-state index is 12.1. The minimum absolute atomic E-state index is 0.332. The number of nitrogens with two attached hydrogens (primary N) is 2. The zero-order valence-electron chi connectivity index (χ0n) is 13.6. The molecule has 0 aliphatic carbocycles. The van der Waals surface area contributed by atoms with E-state index in [9.17, 15) is 4.79 Å². The summed E-state index contributed by atoms with van der Waals surface area (Å²) in [7, 11) is 0. The summed E-state index contributed by atoms with van der Waals surface area (Å²) < 4.78 is 5.10. The Morgan fingerprint density at radius 1 is 1.26 bits per heavy atom. The molecule has 0 spiro atoms. The van der Waals surface area contributed by atoms with Crippen LogP contribution in [0.3, 0.4) is 0 Å². The summed E-state index contributed by atoms with van der Waals surface area (Å²) in [6, 6.07) is 7.59. The number of hydrogen-bond donors (Lipinski definition) is 2. The Kier molecular flexibility index (Phi) is 7.47. The number of benzene rings is 1. The molecule has 0 unspecified atom stereocenters. The first-order valence-electron chi connectivity index (χ1n) is 7.48. The van der Waals surface area contributed by atoms with Crippen LogP contribution < -0.4 is 11.5 Å². The topological polar surface area (TPSA) is 81.6 Å². The number of nitrogens with zero attached hydrogens (tertiary/aromatic N) is 1. The molecule has 5 nitrogen and oxygen atoms in total. The minimum Gasteiger partial charge on any atom is -0.450 e. The van der Waals surface area contributed by atoms with Crippen LogP contribution in [0, 0.1) is 0 Å². The van der Waals surface area contributed by atoms with Crippen molar-refractivity contribution in [3.63, 3.8) is 0 Å². The second-order valence-corrected chi connectivity index (χ2v) is 5.18. The Bertz CT molecular complexity index is 576. The van der Waals surface area contributed by atoms with Gasteiger partial charge in [-0.15, -0.1) is 0 Å². The first kappa shape index (κ1) is 18.4. The Hall–Kier alpha value is -2.69. The van der Waals surface area contributed by atoms with Crippen molar-refractivity contribution in [3.05, 3.63) is 66.4 Å². The van der Waals surface area contributed by atoms with E-state index in [1.807, 2.05) is 24.3 Å². The normalized spacial score (nSPS) is 10.5. The Morgan fingerprint density at radius 2 is 1.91 bits per heavy atom. The number of rotatable bonds is 8. The Labute approximate surface area is 137 Å². The van der Waals surface area contributed by atoms with Gasteiger partial charge in [0.25, 0.3) is 0 Å². The van der Waals surface area contributed by atoms with E-state index in [-0.39, 0.29) is 6.09 Å². The summed E-state index contributed by atoms with van der Waals surface area (Å²) in [5.41, 5.74) is 14.2. The summed E-state index contributed by atoms with van der Waals surface area (Å²) in [6.45, 7) is 10.5. The Morgan fingerprint density at radius 3 is 2.48 bits per heavy atom. The van der Waals surface area contributed by atoms with Crippen molar-refractivity contribution >= 4 is 11.8 Å². The molecule has 23 heavy (non-hydrogen) atoms. The molecule has 0 heterocycles. The van der Waals surface area contributed by atoms with Crippen LogP contribution in [0.5, 0.6) is 0 Å². The molecule has 0 bridgehead atoms. The smallest absolute Gasteiger partial charge is 0.410 e. The summed E-state index contributed by atoms with van der Waals surface area (Å²) in [5, 5.41) is 0. The maximum absolute atomic E-state index is 12.1. The molecule has 0 aliphatic rings. The largest absolute Gasteiger partial charge is 0.450 e. The van der Waals surface area contributed by atoms with Crippen LogP contribution in [0.2, 0.25) is 0 Å². The molecule has 5 heteroatoms. The third-order valence-electron chi connectivity index (χ3n) is 3.10. The molecular weight excluding hydrogens is 290 g/mol. The second kappa shape index (κ2) is 9.35. The van der Waals surface area contributed by atoms with E-state index in [1.54, 1.807) is 24.0 Å². The fraction of sp³-hybridized carbons (Fsp3) is 0.278. The number of carbonyl (C=O) groups excluding carboxylic acids is 1. The predicted molar refractivity (Wildman–Crippen MR) is 94.8 cm³/mol. The van der Waals surface area contributed by atoms with Crippen molar-refractivity contribution in [1.29, 1.82) is 0 Å². The highest BCUT2D eigenvalue weighted by atomic mass is 16.6. The van der Waals surface area contributed by atoms with Crippen molar-refractivity contribution < 1.29 is 9.53 Å². The van der Waals surface area contributed by atoms with Crippen LogP contribution in [0.1, 0.15) is 12.5 Å². The molecular formula is C18H25N3O2. The standard InChI is InChI=1S/C18H25N3O2/c1-4-23-18(22)21(13-14(2)5-6-15(3)19)12-11-16-7-9-17(20)10-8-16/h5-10H,2-4,11-13,19-20H2,1H3/b6-5-. The summed E-state index contributed by atoms with van der Waals surface area (Å²) in [4.78, 5) is 13.7. The molecule has 1 rings (SSSR count). The number of ether oxygens (including phenoxy) is 1. The number of amides is 1. The van der Waals surface area contributed by atoms with Gasteiger partial charge in [0.1, 0.15) is 0 Å². The minimum atomic E-state index is -0.357. The molecule has 0 aromatic heterocycles. The van der Waals surface area contributed by atoms with Gasteiger partial charge in [0, 0.05) is 24.5 Å². The van der Waals surface area contributed by atoms with Crippen molar-refractivity contribution in [1.82, 2.24) is 4.90 Å². The zero-order valence-corrected chi connectivity index (χ0v) is 13.6. The summed E-state index contributed by atoms with van der Waals surface area (Å²) in [6.07, 6.45) is 3.76. The Balaban J connectivity index is 2.68. The van der Waals surface area contributed by atoms with Crippen LogP contribution in [0.25, 0.3) is 0 Å². The molecule has 0 radical (unpaired) electrons. The molecule has 1 aromatic carbocycles. The molecule has 0 saturated heterocycles. The van der Waals surface area contributed by atoms with Gasteiger partial charge in [0.15, 0.2) is 0 Å². The fourth-order valence-corrected chi connectivity index (χ4v) is 1.92. The third kappa shape index (κ3) is 7.22. The van der Waals surface area contributed by atoms with Crippen molar-refractivity contribution in [3.8, 4) is 0 Å². The SMILES string of the molecule is C=C(N)/C=C\C(=C)CN(CCc1ccc(N)cc1)C(=O)OCC. The first-order chi connectivity index (χ1) is 10.9. The van der Waals surface area contributed by atoms with Crippen LogP contribution in [0.15, 0.2) is 60.8 Å². The van der Waals surface area contributed by atoms with Gasteiger partial charge >= 0.3 is 6.09 Å². The maximum Gasteiger partial charge on any atom is 0.410 e. The van der Waals surface area contributed by atoms with E-state index in [0.29, 0.717) is 31.8 Å². The summed E-state index contributed by atoms with van der Waals surface area (Å²) >= 11 is 0. The molecule has 1 amide bonds. The average Bonchev–Trinajstić information content (AvgIpc) is 2.51. The number of nitrogen functional groups attached to an aromatic ring is 1. The van der Waals surface area contributed by atoms with E-state index in [1.165, 1.54) is 0 Å². The van der Waals surface area contributed by atoms with Gasteiger partial charge in [-0.25, -0.2) is 4.79 Å². The number of anilines is 1.